The largest absolute Gasteiger partial charge is 0.432 e. The van der Waals surface area contributed by atoms with E-state index in [1.165, 1.54) is 6.26 Å². The number of rotatable bonds is 2. The molecule has 106 valence electrons. The lowest BCUT2D eigenvalue weighted by atomic mass is 10.1. The molecule has 0 saturated heterocycles. The van der Waals surface area contributed by atoms with Crippen molar-refractivity contribution in [2.24, 2.45) is 0 Å². The van der Waals surface area contributed by atoms with E-state index in [2.05, 4.69) is 10.3 Å². The van der Waals surface area contributed by atoms with Crippen LogP contribution in [0.15, 0.2) is 28.9 Å². The van der Waals surface area contributed by atoms with Gasteiger partial charge in [-0.1, -0.05) is 0 Å². The van der Waals surface area contributed by atoms with Crippen molar-refractivity contribution in [2.45, 2.75) is 13.1 Å². The Hall–Kier alpha value is -2.38. The highest BCUT2D eigenvalue weighted by Gasteiger charge is 2.34. The van der Waals surface area contributed by atoms with Crippen molar-refractivity contribution in [3.05, 3.63) is 47.1 Å². The summed E-state index contributed by atoms with van der Waals surface area (Å²) in [4.78, 5) is 15.5. The summed E-state index contributed by atoms with van der Waals surface area (Å²) >= 11 is 0. The SMILES string of the molecule is Cc1coc(NC(=O)c2ccc(F)c(C(F)(F)F)c2)n1. The normalized spacial score (nSPS) is 11.4. The van der Waals surface area contributed by atoms with E-state index in [1.54, 1.807) is 6.92 Å². The van der Waals surface area contributed by atoms with Crippen LogP contribution in [0.25, 0.3) is 0 Å². The van der Waals surface area contributed by atoms with Gasteiger partial charge < -0.3 is 4.42 Å². The molecule has 0 fully saturated rings. The molecule has 0 atom stereocenters. The van der Waals surface area contributed by atoms with Crippen LogP contribution in [0, 0.1) is 12.7 Å². The number of halogens is 4. The second kappa shape index (κ2) is 4.95. The predicted octanol–water partition coefficient (Wildman–Crippen LogP) is 3.39. The molecule has 0 aliphatic rings. The lowest BCUT2D eigenvalue weighted by Crippen LogP contribution is -2.15. The molecule has 1 aromatic carbocycles. The number of hydrogen-bond donors (Lipinski definition) is 1. The zero-order chi connectivity index (χ0) is 14.9. The zero-order valence-electron chi connectivity index (χ0n) is 10.1. The maximum absolute atomic E-state index is 13.1. The molecular formula is C12H8F4N2O2. The van der Waals surface area contributed by atoms with Gasteiger partial charge in [0.2, 0.25) is 0 Å². The molecule has 2 aromatic rings. The van der Waals surface area contributed by atoms with Crippen molar-refractivity contribution in [1.82, 2.24) is 4.98 Å². The molecule has 1 amide bonds. The van der Waals surface area contributed by atoms with E-state index >= 15 is 0 Å². The van der Waals surface area contributed by atoms with Gasteiger partial charge in [-0.25, -0.2) is 4.39 Å². The molecule has 1 heterocycles. The monoisotopic (exact) mass is 288 g/mol. The Morgan fingerprint density at radius 2 is 2.05 bits per heavy atom. The summed E-state index contributed by atoms with van der Waals surface area (Å²) in [5, 5.41) is 2.17. The lowest BCUT2D eigenvalue weighted by Gasteiger charge is -2.09. The molecule has 0 radical (unpaired) electrons. The van der Waals surface area contributed by atoms with Crippen molar-refractivity contribution in [2.75, 3.05) is 5.32 Å². The fraction of sp³-hybridized carbons (Fsp3) is 0.167. The zero-order valence-corrected chi connectivity index (χ0v) is 10.1. The fourth-order valence-corrected chi connectivity index (χ4v) is 1.46. The molecule has 0 unspecified atom stereocenters. The van der Waals surface area contributed by atoms with Crippen LogP contribution in [-0.4, -0.2) is 10.9 Å². The molecule has 0 bridgehead atoms. The Bertz CT molecular complexity index is 649. The Morgan fingerprint density at radius 1 is 1.35 bits per heavy atom. The lowest BCUT2D eigenvalue weighted by molar-refractivity contribution is -0.140. The van der Waals surface area contributed by atoms with Gasteiger partial charge >= 0.3 is 12.2 Å². The van der Waals surface area contributed by atoms with Gasteiger partial charge in [-0.3, -0.25) is 10.1 Å². The van der Waals surface area contributed by atoms with E-state index in [4.69, 9.17) is 4.42 Å². The minimum atomic E-state index is -4.88. The van der Waals surface area contributed by atoms with Crippen LogP contribution in [-0.2, 0) is 6.18 Å². The molecule has 8 heteroatoms. The van der Waals surface area contributed by atoms with Crippen LogP contribution in [0.5, 0.6) is 0 Å². The second-order valence-corrected chi connectivity index (χ2v) is 3.94. The van der Waals surface area contributed by atoms with Gasteiger partial charge in [-0.2, -0.15) is 18.2 Å². The number of carbonyl (C=O) groups is 1. The van der Waals surface area contributed by atoms with E-state index in [-0.39, 0.29) is 11.6 Å². The third-order valence-corrected chi connectivity index (χ3v) is 2.37. The summed E-state index contributed by atoms with van der Waals surface area (Å²) in [6.45, 7) is 1.61. The molecule has 0 spiro atoms. The second-order valence-electron chi connectivity index (χ2n) is 3.94. The van der Waals surface area contributed by atoms with E-state index in [0.717, 1.165) is 6.07 Å². The number of amides is 1. The Morgan fingerprint density at radius 3 is 2.60 bits per heavy atom. The maximum Gasteiger partial charge on any atom is 0.419 e. The summed E-state index contributed by atoms with van der Waals surface area (Å²) in [6.07, 6.45) is -3.61. The molecule has 4 nitrogen and oxygen atoms in total. The van der Waals surface area contributed by atoms with Gasteiger partial charge in [0.25, 0.3) is 5.91 Å². The van der Waals surface area contributed by atoms with Crippen molar-refractivity contribution in [3.8, 4) is 0 Å². The molecule has 20 heavy (non-hydrogen) atoms. The highest BCUT2D eigenvalue weighted by atomic mass is 19.4. The first-order chi connectivity index (χ1) is 9.27. The number of anilines is 1. The number of nitrogens with one attached hydrogen (secondary N) is 1. The highest BCUT2D eigenvalue weighted by molar-refractivity contribution is 6.03. The number of hydrogen-bond acceptors (Lipinski definition) is 3. The van der Waals surface area contributed by atoms with Gasteiger partial charge in [-0.05, 0) is 25.1 Å². The highest BCUT2D eigenvalue weighted by Crippen LogP contribution is 2.32. The van der Waals surface area contributed by atoms with E-state index in [0.29, 0.717) is 17.8 Å². The minimum absolute atomic E-state index is 0.148. The van der Waals surface area contributed by atoms with Crippen molar-refractivity contribution in [1.29, 1.82) is 0 Å². The summed E-state index contributed by atoms with van der Waals surface area (Å²) in [5.41, 5.74) is -1.36. The van der Waals surface area contributed by atoms with Crippen molar-refractivity contribution in [3.63, 3.8) is 0 Å². The number of benzene rings is 1. The average Bonchev–Trinajstić information content (AvgIpc) is 2.73. The number of aromatic nitrogens is 1. The number of oxazole rings is 1. The Kier molecular flexibility index (Phi) is 3.47. The smallest absolute Gasteiger partial charge is 0.419 e. The molecule has 0 aliphatic heterocycles. The fourth-order valence-electron chi connectivity index (χ4n) is 1.46. The average molecular weight is 288 g/mol. The number of alkyl halides is 3. The summed E-state index contributed by atoms with van der Waals surface area (Å²) < 4.78 is 55.5. The van der Waals surface area contributed by atoms with E-state index in [9.17, 15) is 22.4 Å². The topological polar surface area (TPSA) is 55.1 Å². The van der Waals surface area contributed by atoms with Crippen LogP contribution in [0.2, 0.25) is 0 Å². The molecule has 0 aliphatic carbocycles. The standard InChI is InChI=1S/C12H8F4N2O2/c1-6-5-20-11(17-6)18-10(19)7-2-3-9(13)8(4-7)12(14,15)16/h2-5H,1H3,(H,17,18,19). The first-order valence-electron chi connectivity index (χ1n) is 5.37. The summed E-state index contributed by atoms with van der Waals surface area (Å²) in [5.74, 6) is -2.32. The number of aryl methyl sites for hydroxylation is 1. The number of carbonyl (C=O) groups excluding carboxylic acids is 1. The first-order valence-corrected chi connectivity index (χ1v) is 5.37. The van der Waals surface area contributed by atoms with Gasteiger partial charge in [0.05, 0.1) is 11.3 Å². The first kappa shape index (κ1) is 14.0. The van der Waals surface area contributed by atoms with Crippen molar-refractivity contribution >= 4 is 11.9 Å². The van der Waals surface area contributed by atoms with Crippen LogP contribution < -0.4 is 5.32 Å². The maximum atomic E-state index is 13.1. The molecule has 1 N–H and O–H groups in total. The Labute approximate surface area is 110 Å². The molecule has 0 saturated carbocycles. The van der Waals surface area contributed by atoms with Crippen LogP contribution in [0.1, 0.15) is 21.6 Å². The van der Waals surface area contributed by atoms with Crippen LogP contribution >= 0.6 is 0 Å². The van der Waals surface area contributed by atoms with Gasteiger partial charge in [0, 0.05) is 5.56 Å². The Balaban J connectivity index is 2.27. The quantitative estimate of drug-likeness (QED) is 0.862. The molecular weight excluding hydrogens is 280 g/mol. The summed E-state index contributed by atoms with van der Waals surface area (Å²) in [7, 11) is 0. The van der Waals surface area contributed by atoms with Crippen LogP contribution in [0.3, 0.4) is 0 Å². The van der Waals surface area contributed by atoms with Gasteiger partial charge in [0.15, 0.2) is 0 Å². The van der Waals surface area contributed by atoms with Crippen LogP contribution in [0.4, 0.5) is 23.6 Å². The van der Waals surface area contributed by atoms with E-state index in [1.807, 2.05) is 0 Å². The third kappa shape index (κ3) is 2.95. The minimum Gasteiger partial charge on any atom is -0.432 e. The van der Waals surface area contributed by atoms with Gasteiger partial charge in [-0.15, -0.1) is 0 Å². The molecule has 1 aromatic heterocycles. The predicted molar refractivity (Wildman–Crippen MR) is 60.6 cm³/mol. The van der Waals surface area contributed by atoms with Crippen molar-refractivity contribution < 1.29 is 26.8 Å². The number of nitrogens with zero attached hydrogens (tertiary/aromatic N) is 1. The summed E-state index contributed by atoms with van der Waals surface area (Å²) in [6, 6.07) is 1.81. The molecule has 2 rings (SSSR count). The third-order valence-electron chi connectivity index (χ3n) is 2.37. The van der Waals surface area contributed by atoms with E-state index < -0.39 is 23.5 Å². The van der Waals surface area contributed by atoms with Gasteiger partial charge in [0.1, 0.15) is 12.1 Å².